The number of rotatable bonds is 5. The molecule has 0 atom stereocenters. The molecule has 2 aromatic rings. The maximum atomic E-state index is 5.82. The van der Waals surface area contributed by atoms with E-state index in [2.05, 4.69) is 27.0 Å². The lowest BCUT2D eigenvalue weighted by Crippen LogP contribution is -2.26. The fraction of sp³-hybridized carbons (Fsp3) is 0.231. The summed E-state index contributed by atoms with van der Waals surface area (Å²) < 4.78 is 0. The smallest absolute Gasteiger partial charge is 0.225 e. The average molecular weight is 248 g/mol. The lowest BCUT2D eigenvalue weighted by atomic mass is 10.2. The minimum atomic E-state index is 0.561. The zero-order chi connectivity index (χ0) is 11.9. The van der Waals surface area contributed by atoms with Gasteiger partial charge in [-0.1, -0.05) is 30.3 Å². The summed E-state index contributed by atoms with van der Waals surface area (Å²) in [6.07, 6.45) is 3.49. The van der Waals surface area contributed by atoms with Crippen LogP contribution in [-0.4, -0.2) is 22.4 Å². The minimum Gasteiger partial charge on any atom is -0.335 e. The third-order valence-corrected chi connectivity index (χ3v) is 2.57. The summed E-state index contributed by atoms with van der Waals surface area (Å²) in [6, 6.07) is 12.0. The molecule has 0 aliphatic heterocycles. The molecule has 17 heavy (non-hydrogen) atoms. The topological polar surface area (TPSA) is 29.0 Å². The first kappa shape index (κ1) is 11.9. The van der Waals surface area contributed by atoms with Crippen molar-refractivity contribution in [3.8, 4) is 0 Å². The van der Waals surface area contributed by atoms with Crippen LogP contribution < -0.4 is 4.90 Å². The van der Waals surface area contributed by atoms with Crippen molar-refractivity contribution in [3.63, 3.8) is 0 Å². The summed E-state index contributed by atoms with van der Waals surface area (Å²) in [4.78, 5) is 10.6. The molecule has 0 saturated carbocycles. The van der Waals surface area contributed by atoms with E-state index in [9.17, 15) is 0 Å². The highest BCUT2D eigenvalue weighted by atomic mass is 35.5. The summed E-state index contributed by atoms with van der Waals surface area (Å²) >= 11 is 5.82. The molecule has 1 aromatic heterocycles. The highest BCUT2D eigenvalue weighted by molar-refractivity contribution is 6.18. The third-order valence-electron chi connectivity index (χ3n) is 2.41. The van der Waals surface area contributed by atoms with Crippen molar-refractivity contribution in [1.82, 2.24) is 9.97 Å². The van der Waals surface area contributed by atoms with Crippen molar-refractivity contribution < 1.29 is 0 Å². The van der Waals surface area contributed by atoms with Gasteiger partial charge in [-0.15, -0.1) is 11.6 Å². The molecule has 0 aliphatic carbocycles. The van der Waals surface area contributed by atoms with Crippen LogP contribution in [-0.2, 0) is 6.54 Å². The van der Waals surface area contributed by atoms with E-state index in [1.807, 2.05) is 24.3 Å². The van der Waals surface area contributed by atoms with Crippen LogP contribution in [0.1, 0.15) is 5.56 Å². The van der Waals surface area contributed by atoms with Crippen molar-refractivity contribution in [1.29, 1.82) is 0 Å². The predicted octanol–water partition coefficient (Wildman–Crippen LogP) is 2.72. The Bertz CT molecular complexity index is 433. The van der Waals surface area contributed by atoms with Crippen LogP contribution in [0.25, 0.3) is 0 Å². The van der Waals surface area contributed by atoms with Crippen molar-refractivity contribution in [2.75, 3.05) is 17.3 Å². The monoisotopic (exact) mass is 247 g/mol. The zero-order valence-electron chi connectivity index (χ0n) is 9.46. The van der Waals surface area contributed by atoms with Gasteiger partial charge in [-0.25, -0.2) is 9.97 Å². The van der Waals surface area contributed by atoms with Gasteiger partial charge in [-0.2, -0.15) is 0 Å². The molecule has 0 fully saturated rings. The zero-order valence-corrected chi connectivity index (χ0v) is 10.2. The molecular weight excluding hydrogens is 234 g/mol. The van der Waals surface area contributed by atoms with Crippen molar-refractivity contribution in [2.24, 2.45) is 0 Å². The molecular formula is C13H14ClN3. The van der Waals surface area contributed by atoms with Crippen LogP contribution in [0.5, 0.6) is 0 Å². The van der Waals surface area contributed by atoms with Crippen LogP contribution >= 0.6 is 11.6 Å². The Morgan fingerprint density at radius 1 is 1.00 bits per heavy atom. The van der Waals surface area contributed by atoms with Gasteiger partial charge in [0.2, 0.25) is 5.95 Å². The van der Waals surface area contributed by atoms with Gasteiger partial charge in [0.05, 0.1) is 0 Å². The molecule has 3 nitrogen and oxygen atoms in total. The van der Waals surface area contributed by atoms with E-state index >= 15 is 0 Å². The molecule has 0 amide bonds. The number of halogens is 1. The molecule has 0 bridgehead atoms. The first-order valence-electron chi connectivity index (χ1n) is 5.52. The van der Waals surface area contributed by atoms with E-state index in [1.54, 1.807) is 12.4 Å². The van der Waals surface area contributed by atoms with Crippen LogP contribution in [0.4, 0.5) is 5.95 Å². The Kier molecular flexibility index (Phi) is 4.33. The molecule has 0 radical (unpaired) electrons. The first-order chi connectivity index (χ1) is 8.40. The Balaban J connectivity index is 2.13. The fourth-order valence-electron chi connectivity index (χ4n) is 1.61. The molecule has 1 heterocycles. The first-order valence-corrected chi connectivity index (χ1v) is 6.05. The number of aromatic nitrogens is 2. The second-order valence-electron chi connectivity index (χ2n) is 3.64. The lowest BCUT2D eigenvalue weighted by Gasteiger charge is -2.21. The van der Waals surface area contributed by atoms with Crippen LogP contribution in [0.15, 0.2) is 48.8 Å². The Labute approximate surface area is 106 Å². The summed E-state index contributed by atoms with van der Waals surface area (Å²) in [7, 11) is 0. The van der Waals surface area contributed by atoms with Gasteiger partial charge in [0.25, 0.3) is 0 Å². The average Bonchev–Trinajstić information content (AvgIpc) is 2.40. The molecule has 0 spiro atoms. The molecule has 2 rings (SSSR count). The van der Waals surface area contributed by atoms with Gasteiger partial charge in [-0.05, 0) is 11.6 Å². The number of benzene rings is 1. The maximum absolute atomic E-state index is 5.82. The lowest BCUT2D eigenvalue weighted by molar-refractivity contribution is 0.794. The van der Waals surface area contributed by atoms with E-state index in [0.29, 0.717) is 5.88 Å². The normalized spacial score (nSPS) is 10.2. The van der Waals surface area contributed by atoms with E-state index in [1.165, 1.54) is 5.56 Å². The van der Waals surface area contributed by atoms with Crippen molar-refractivity contribution in [2.45, 2.75) is 6.54 Å². The van der Waals surface area contributed by atoms with Gasteiger partial charge >= 0.3 is 0 Å². The summed E-state index contributed by atoms with van der Waals surface area (Å²) in [5.41, 5.74) is 1.23. The predicted molar refractivity (Wildman–Crippen MR) is 70.2 cm³/mol. The highest BCUT2D eigenvalue weighted by Gasteiger charge is 2.08. The summed E-state index contributed by atoms with van der Waals surface area (Å²) in [5.74, 6) is 1.28. The van der Waals surface area contributed by atoms with Gasteiger partial charge in [0, 0.05) is 31.4 Å². The van der Waals surface area contributed by atoms with Crippen LogP contribution in [0.3, 0.4) is 0 Å². The van der Waals surface area contributed by atoms with E-state index in [-0.39, 0.29) is 0 Å². The minimum absolute atomic E-state index is 0.561. The van der Waals surface area contributed by atoms with Crippen molar-refractivity contribution >= 4 is 17.5 Å². The second-order valence-corrected chi connectivity index (χ2v) is 4.02. The molecule has 1 aromatic carbocycles. The molecule has 0 aliphatic rings. The third kappa shape index (κ3) is 3.43. The molecule has 88 valence electrons. The van der Waals surface area contributed by atoms with Gasteiger partial charge in [-0.3, -0.25) is 0 Å². The number of hydrogen-bond acceptors (Lipinski definition) is 3. The van der Waals surface area contributed by atoms with Crippen molar-refractivity contribution in [3.05, 3.63) is 54.4 Å². The Morgan fingerprint density at radius 3 is 2.35 bits per heavy atom. The number of hydrogen-bond donors (Lipinski definition) is 0. The largest absolute Gasteiger partial charge is 0.335 e. The number of alkyl halides is 1. The van der Waals surface area contributed by atoms with E-state index in [0.717, 1.165) is 19.0 Å². The summed E-state index contributed by atoms with van der Waals surface area (Å²) in [5, 5.41) is 0. The summed E-state index contributed by atoms with van der Waals surface area (Å²) in [6.45, 7) is 1.51. The maximum Gasteiger partial charge on any atom is 0.225 e. The number of anilines is 1. The van der Waals surface area contributed by atoms with Crippen LogP contribution in [0, 0.1) is 0 Å². The molecule has 0 unspecified atom stereocenters. The fourth-order valence-corrected chi connectivity index (χ4v) is 1.81. The van der Waals surface area contributed by atoms with Crippen LogP contribution in [0.2, 0.25) is 0 Å². The molecule has 0 N–H and O–H groups in total. The molecule has 0 saturated heterocycles. The molecule has 4 heteroatoms. The van der Waals surface area contributed by atoms with E-state index in [4.69, 9.17) is 11.6 Å². The highest BCUT2D eigenvalue weighted by Crippen LogP contribution is 2.11. The van der Waals surface area contributed by atoms with Gasteiger partial charge in [0.1, 0.15) is 0 Å². The van der Waals surface area contributed by atoms with Gasteiger partial charge in [0.15, 0.2) is 0 Å². The van der Waals surface area contributed by atoms with Gasteiger partial charge < -0.3 is 4.90 Å². The quantitative estimate of drug-likeness (QED) is 0.761. The SMILES string of the molecule is ClCCN(Cc1ccccc1)c1ncccn1. The Hall–Kier alpha value is -1.61. The van der Waals surface area contributed by atoms with E-state index < -0.39 is 0 Å². The number of nitrogens with zero attached hydrogens (tertiary/aromatic N) is 3. The second kappa shape index (κ2) is 6.21. The standard InChI is InChI=1S/C13H14ClN3/c14-7-10-17(13-15-8-4-9-16-13)11-12-5-2-1-3-6-12/h1-6,8-9H,7,10-11H2. The Morgan fingerprint density at radius 2 is 1.71 bits per heavy atom.